The standard InChI is InChI=1S/C13H17N3O3S/c1-3-12(18)15-10-4-6-11(7-5-10)20-8-13(19)16(14)9(2)17/h4-7H,3,8,14H2,1-2H3,(H,15,18). The van der Waals surface area contributed by atoms with Gasteiger partial charge >= 0.3 is 0 Å². The molecule has 0 aromatic heterocycles. The summed E-state index contributed by atoms with van der Waals surface area (Å²) in [6, 6.07) is 7.09. The molecule has 0 aliphatic rings. The van der Waals surface area contributed by atoms with E-state index in [0.717, 1.165) is 4.90 Å². The summed E-state index contributed by atoms with van der Waals surface area (Å²) in [6.07, 6.45) is 0.419. The molecular formula is C13H17N3O3S. The zero-order valence-electron chi connectivity index (χ0n) is 11.4. The van der Waals surface area contributed by atoms with Crippen molar-refractivity contribution >= 4 is 35.2 Å². The first kappa shape index (κ1) is 16.2. The van der Waals surface area contributed by atoms with Gasteiger partial charge in [-0.3, -0.25) is 14.4 Å². The van der Waals surface area contributed by atoms with Crippen LogP contribution in [0.5, 0.6) is 0 Å². The number of nitrogens with two attached hydrogens (primary N) is 1. The Bertz CT molecular complexity index is 502. The molecule has 0 atom stereocenters. The first-order valence-electron chi connectivity index (χ1n) is 6.05. The molecule has 0 aliphatic carbocycles. The number of hydrogen-bond acceptors (Lipinski definition) is 5. The highest BCUT2D eigenvalue weighted by atomic mass is 32.2. The lowest BCUT2D eigenvalue weighted by Crippen LogP contribution is -2.42. The lowest BCUT2D eigenvalue weighted by atomic mass is 10.3. The van der Waals surface area contributed by atoms with E-state index in [2.05, 4.69) is 5.32 Å². The first-order valence-corrected chi connectivity index (χ1v) is 7.03. The Hall–Kier alpha value is -1.86. The second kappa shape index (κ2) is 7.66. The van der Waals surface area contributed by atoms with Crippen LogP contribution >= 0.6 is 11.8 Å². The molecule has 0 saturated heterocycles. The summed E-state index contributed by atoms with van der Waals surface area (Å²) in [5, 5.41) is 3.33. The number of nitrogens with zero attached hydrogens (tertiary/aromatic N) is 1. The molecule has 7 heteroatoms. The number of imide groups is 1. The van der Waals surface area contributed by atoms with Gasteiger partial charge in [0.2, 0.25) is 11.8 Å². The highest BCUT2D eigenvalue weighted by Crippen LogP contribution is 2.20. The van der Waals surface area contributed by atoms with Gasteiger partial charge < -0.3 is 5.32 Å². The molecule has 0 fully saturated rings. The number of hydrogen-bond donors (Lipinski definition) is 2. The maximum absolute atomic E-state index is 11.5. The Balaban J connectivity index is 2.52. The minimum atomic E-state index is -0.492. The summed E-state index contributed by atoms with van der Waals surface area (Å²) in [4.78, 5) is 34.5. The summed E-state index contributed by atoms with van der Waals surface area (Å²) in [7, 11) is 0. The van der Waals surface area contributed by atoms with Gasteiger partial charge in [0.25, 0.3) is 5.91 Å². The summed E-state index contributed by atoms with van der Waals surface area (Å²) < 4.78 is 0. The van der Waals surface area contributed by atoms with Gasteiger partial charge in [-0.25, -0.2) is 10.9 Å². The number of nitrogens with one attached hydrogen (secondary N) is 1. The Morgan fingerprint density at radius 1 is 1.25 bits per heavy atom. The monoisotopic (exact) mass is 295 g/mol. The Kier molecular flexibility index (Phi) is 6.20. The van der Waals surface area contributed by atoms with Crippen molar-refractivity contribution in [2.45, 2.75) is 25.2 Å². The predicted octanol–water partition coefficient (Wildman–Crippen LogP) is 1.38. The topological polar surface area (TPSA) is 92.5 Å². The molecule has 0 heterocycles. The van der Waals surface area contributed by atoms with Crippen LogP contribution < -0.4 is 11.2 Å². The number of anilines is 1. The molecule has 0 bridgehead atoms. The van der Waals surface area contributed by atoms with Gasteiger partial charge in [0.15, 0.2) is 0 Å². The van der Waals surface area contributed by atoms with Crippen LogP contribution in [0.2, 0.25) is 0 Å². The maximum atomic E-state index is 11.5. The van der Waals surface area contributed by atoms with Gasteiger partial charge in [-0.1, -0.05) is 6.92 Å². The number of amides is 3. The van der Waals surface area contributed by atoms with E-state index >= 15 is 0 Å². The van der Waals surface area contributed by atoms with E-state index in [1.807, 2.05) is 0 Å². The highest BCUT2D eigenvalue weighted by molar-refractivity contribution is 8.00. The molecule has 3 N–H and O–H groups in total. The average molecular weight is 295 g/mol. The Morgan fingerprint density at radius 3 is 2.35 bits per heavy atom. The number of carbonyl (C=O) groups is 3. The van der Waals surface area contributed by atoms with Crippen LogP contribution in [0, 0.1) is 0 Å². The van der Waals surface area contributed by atoms with Crippen molar-refractivity contribution in [1.82, 2.24) is 5.01 Å². The van der Waals surface area contributed by atoms with E-state index < -0.39 is 11.8 Å². The molecule has 1 rings (SSSR count). The molecule has 1 aromatic carbocycles. The Labute approximate surface area is 121 Å². The van der Waals surface area contributed by atoms with Crippen molar-refractivity contribution < 1.29 is 14.4 Å². The van der Waals surface area contributed by atoms with E-state index in [0.29, 0.717) is 17.1 Å². The summed E-state index contributed by atoms with van der Waals surface area (Å²) >= 11 is 1.27. The number of thioether (sulfide) groups is 1. The van der Waals surface area contributed by atoms with E-state index in [-0.39, 0.29) is 11.7 Å². The lowest BCUT2D eigenvalue weighted by Gasteiger charge is -2.11. The fourth-order valence-electron chi connectivity index (χ4n) is 1.27. The molecule has 0 spiro atoms. The smallest absolute Gasteiger partial charge is 0.253 e. The van der Waals surface area contributed by atoms with Gasteiger partial charge in [0.05, 0.1) is 5.75 Å². The molecular weight excluding hydrogens is 278 g/mol. The quantitative estimate of drug-likeness (QED) is 0.370. The first-order chi connectivity index (χ1) is 9.43. The molecule has 1 aromatic rings. The van der Waals surface area contributed by atoms with Crippen LogP contribution in [0.1, 0.15) is 20.3 Å². The fourth-order valence-corrected chi connectivity index (χ4v) is 2.03. The largest absolute Gasteiger partial charge is 0.326 e. The van der Waals surface area contributed by atoms with E-state index in [1.165, 1.54) is 18.7 Å². The number of carbonyl (C=O) groups excluding carboxylic acids is 3. The molecule has 0 unspecified atom stereocenters. The highest BCUT2D eigenvalue weighted by Gasteiger charge is 2.13. The zero-order chi connectivity index (χ0) is 15.1. The van der Waals surface area contributed by atoms with Crippen LogP contribution in [-0.2, 0) is 14.4 Å². The normalized spacial score (nSPS) is 9.95. The zero-order valence-corrected chi connectivity index (χ0v) is 12.2. The fraction of sp³-hybridized carbons (Fsp3) is 0.308. The predicted molar refractivity (Wildman–Crippen MR) is 77.8 cm³/mol. The van der Waals surface area contributed by atoms with Crippen LogP contribution in [-0.4, -0.2) is 28.5 Å². The SMILES string of the molecule is CCC(=O)Nc1ccc(SCC(=O)N(N)C(C)=O)cc1. The third-order valence-electron chi connectivity index (χ3n) is 2.43. The van der Waals surface area contributed by atoms with E-state index in [1.54, 1.807) is 31.2 Å². The number of rotatable bonds is 5. The summed E-state index contributed by atoms with van der Waals surface area (Å²) in [6.45, 7) is 3.01. The molecule has 0 aliphatic heterocycles. The lowest BCUT2D eigenvalue weighted by molar-refractivity contribution is -0.142. The van der Waals surface area contributed by atoms with Gasteiger partial charge in [0.1, 0.15) is 0 Å². The molecule has 20 heavy (non-hydrogen) atoms. The Morgan fingerprint density at radius 2 is 1.85 bits per heavy atom. The summed E-state index contributed by atoms with van der Waals surface area (Å²) in [5.41, 5.74) is 0.705. The maximum Gasteiger partial charge on any atom is 0.253 e. The molecule has 0 radical (unpaired) electrons. The second-order valence-electron chi connectivity index (χ2n) is 4.00. The molecule has 108 valence electrons. The third kappa shape index (κ3) is 5.02. The average Bonchev–Trinajstić information content (AvgIpc) is 2.45. The number of benzene rings is 1. The van der Waals surface area contributed by atoms with Crippen molar-refractivity contribution in [2.24, 2.45) is 5.84 Å². The van der Waals surface area contributed by atoms with Gasteiger partial charge in [-0.05, 0) is 24.3 Å². The number of hydrazine groups is 1. The van der Waals surface area contributed by atoms with Crippen LogP contribution in [0.25, 0.3) is 0 Å². The summed E-state index contributed by atoms with van der Waals surface area (Å²) in [5.74, 6) is 4.37. The van der Waals surface area contributed by atoms with Crippen molar-refractivity contribution in [3.8, 4) is 0 Å². The van der Waals surface area contributed by atoms with Crippen molar-refractivity contribution in [3.63, 3.8) is 0 Å². The minimum Gasteiger partial charge on any atom is -0.326 e. The molecule has 6 nitrogen and oxygen atoms in total. The molecule has 3 amide bonds. The molecule has 0 saturated carbocycles. The van der Waals surface area contributed by atoms with Crippen LogP contribution in [0.15, 0.2) is 29.2 Å². The second-order valence-corrected chi connectivity index (χ2v) is 5.05. The van der Waals surface area contributed by atoms with E-state index in [9.17, 15) is 14.4 Å². The van der Waals surface area contributed by atoms with Gasteiger partial charge in [0, 0.05) is 23.9 Å². The van der Waals surface area contributed by atoms with Crippen molar-refractivity contribution in [3.05, 3.63) is 24.3 Å². The minimum absolute atomic E-state index is 0.0548. The van der Waals surface area contributed by atoms with Crippen LogP contribution in [0.4, 0.5) is 5.69 Å². The van der Waals surface area contributed by atoms with Gasteiger partial charge in [-0.15, -0.1) is 11.8 Å². The van der Waals surface area contributed by atoms with E-state index in [4.69, 9.17) is 5.84 Å². The van der Waals surface area contributed by atoms with Crippen LogP contribution in [0.3, 0.4) is 0 Å². The van der Waals surface area contributed by atoms with Crippen molar-refractivity contribution in [2.75, 3.05) is 11.1 Å². The van der Waals surface area contributed by atoms with Crippen molar-refractivity contribution in [1.29, 1.82) is 0 Å². The van der Waals surface area contributed by atoms with Gasteiger partial charge in [-0.2, -0.15) is 0 Å². The third-order valence-corrected chi connectivity index (χ3v) is 3.43.